The van der Waals surface area contributed by atoms with E-state index in [-0.39, 0.29) is 36.0 Å². The highest BCUT2D eigenvalue weighted by atomic mass is 32.2. The number of carbonyl (C=O) groups excluding carboxylic acids is 1. The standard InChI is InChI=1S/C27H37N9O7S2/c1-16(2)35(17(3)4)27(37)24-23(26-29-25(32-36(26)31-24)22-15-19(6)33(7)30-22)28-21-9-8-20(14-18(21)5)34(10-12-44-43-42-38)11-13-45(39,40)41/h8-9,14-17,38H,10-13H2,1-7H3,(H,39,40,41)/b28-23-. The highest BCUT2D eigenvalue weighted by Gasteiger charge is 2.36. The van der Waals surface area contributed by atoms with Gasteiger partial charge in [0.25, 0.3) is 16.0 Å². The molecule has 0 atom stereocenters. The topological polar surface area (TPSA) is 190 Å². The first kappa shape index (κ1) is 34.2. The smallest absolute Gasteiger partial charge is 0.277 e. The summed E-state index contributed by atoms with van der Waals surface area (Å²) >= 11 is 0.825. The lowest BCUT2D eigenvalue weighted by Gasteiger charge is -2.30. The highest BCUT2D eigenvalue weighted by molar-refractivity contribution is 7.94. The number of hydrogen-bond acceptors (Lipinski definition) is 13. The van der Waals surface area contributed by atoms with Crippen LogP contribution in [-0.2, 0) is 31.3 Å². The first-order chi connectivity index (χ1) is 21.2. The maximum atomic E-state index is 13.8. The van der Waals surface area contributed by atoms with Gasteiger partial charge < -0.3 is 9.80 Å². The number of aromatic nitrogens is 5. The van der Waals surface area contributed by atoms with Crippen LogP contribution in [-0.4, -0.2) is 102 Å². The summed E-state index contributed by atoms with van der Waals surface area (Å²) in [7, 11) is -2.39. The molecule has 1 amide bonds. The number of aliphatic imine (C=N–C) groups is 1. The molecule has 4 rings (SSSR count). The molecular weight excluding hydrogens is 626 g/mol. The third-order valence-electron chi connectivity index (χ3n) is 7.03. The van der Waals surface area contributed by atoms with Gasteiger partial charge in [0, 0.05) is 61.4 Å². The quantitative estimate of drug-likeness (QED) is 0.0844. The second kappa shape index (κ2) is 14.2. The second-order valence-electron chi connectivity index (χ2n) is 11.0. The minimum Gasteiger partial charge on any atom is -0.369 e. The van der Waals surface area contributed by atoms with Gasteiger partial charge in [-0.05, 0) is 71.4 Å². The molecule has 1 aliphatic heterocycles. The third kappa shape index (κ3) is 8.13. The number of amides is 1. The van der Waals surface area contributed by atoms with Crippen molar-refractivity contribution >= 4 is 50.9 Å². The van der Waals surface area contributed by atoms with Crippen molar-refractivity contribution in [3.8, 4) is 11.5 Å². The van der Waals surface area contributed by atoms with Crippen molar-refractivity contribution in [2.24, 2.45) is 17.1 Å². The number of hydrogen-bond donors (Lipinski definition) is 2. The normalized spacial score (nSPS) is 14.0. The molecular formula is C27H37N9O7S2. The average Bonchev–Trinajstić information content (AvgIpc) is 3.61. The predicted octanol–water partition coefficient (Wildman–Crippen LogP) is 3.04. The van der Waals surface area contributed by atoms with Crippen LogP contribution in [0, 0.1) is 13.8 Å². The Morgan fingerprint density at radius 3 is 2.40 bits per heavy atom. The molecule has 3 aromatic rings. The largest absolute Gasteiger partial charge is 0.369 e. The van der Waals surface area contributed by atoms with Gasteiger partial charge in [0.1, 0.15) is 11.4 Å². The van der Waals surface area contributed by atoms with Crippen molar-refractivity contribution in [1.29, 1.82) is 0 Å². The molecule has 0 spiro atoms. The van der Waals surface area contributed by atoms with Gasteiger partial charge >= 0.3 is 0 Å². The number of anilines is 1. The highest BCUT2D eigenvalue weighted by Crippen LogP contribution is 2.28. The van der Waals surface area contributed by atoms with Crippen LogP contribution in [0.15, 0.2) is 34.4 Å². The first-order valence-electron chi connectivity index (χ1n) is 14.1. The Morgan fingerprint density at radius 1 is 1.11 bits per heavy atom. The lowest BCUT2D eigenvalue weighted by molar-refractivity contribution is -0.432. The summed E-state index contributed by atoms with van der Waals surface area (Å²) in [5.74, 6) is 0.156. The molecule has 0 saturated heterocycles. The van der Waals surface area contributed by atoms with E-state index >= 15 is 0 Å². The van der Waals surface area contributed by atoms with E-state index in [1.54, 1.807) is 26.6 Å². The van der Waals surface area contributed by atoms with Crippen LogP contribution in [0.3, 0.4) is 0 Å². The molecule has 3 heterocycles. The molecule has 0 aliphatic carbocycles. The lowest BCUT2D eigenvalue weighted by Crippen LogP contribution is -2.47. The molecule has 0 bridgehead atoms. The monoisotopic (exact) mass is 663 g/mol. The predicted molar refractivity (Wildman–Crippen MR) is 170 cm³/mol. The summed E-state index contributed by atoms with van der Waals surface area (Å²) in [6.45, 7) is 11.8. The van der Waals surface area contributed by atoms with Crippen LogP contribution >= 0.6 is 12.0 Å². The minimum absolute atomic E-state index is 0.00287. The zero-order valence-electron chi connectivity index (χ0n) is 26.1. The molecule has 0 unspecified atom stereocenters. The van der Waals surface area contributed by atoms with Gasteiger partial charge in [-0.1, -0.05) is 5.04 Å². The van der Waals surface area contributed by atoms with Crippen molar-refractivity contribution in [3.05, 3.63) is 41.3 Å². The molecule has 2 aromatic heterocycles. The van der Waals surface area contributed by atoms with Crippen LogP contribution in [0.5, 0.6) is 0 Å². The second-order valence-corrected chi connectivity index (χ2v) is 13.3. The van der Waals surface area contributed by atoms with E-state index < -0.39 is 15.9 Å². The van der Waals surface area contributed by atoms with Gasteiger partial charge in [0.2, 0.25) is 11.6 Å². The van der Waals surface area contributed by atoms with E-state index in [9.17, 15) is 17.8 Å². The summed E-state index contributed by atoms with van der Waals surface area (Å²) in [5, 5.41) is 25.5. The Bertz CT molecular complexity index is 1690. The number of rotatable bonds is 14. The fourth-order valence-electron chi connectivity index (χ4n) is 4.86. The number of nitrogens with zero attached hydrogens (tertiary/aromatic N) is 9. The summed E-state index contributed by atoms with van der Waals surface area (Å²) in [5.41, 5.74) is 3.75. The number of benzene rings is 1. The molecule has 45 heavy (non-hydrogen) atoms. The van der Waals surface area contributed by atoms with Gasteiger partial charge in [-0.15, -0.1) is 19.3 Å². The SMILES string of the molecule is Cc1cc(N(CCSOOO)CCS(=O)(=O)O)ccc1/N=C1/C(C(=O)N(C(C)C)C(C)C)=Nn2nc(-c3cc(C)n(C)n3)nc21. The Kier molecular flexibility index (Phi) is 10.8. The molecule has 1 aromatic carbocycles. The molecule has 0 fully saturated rings. The van der Waals surface area contributed by atoms with Crippen molar-refractivity contribution in [3.63, 3.8) is 0 Å². The summed E-state index contributed by atoms with van der Waals surface area (Å²) in [4.78, 5) is 28.1. The number of fused-ring (bicyclic) bond motifs is 1. The summed E-state index contributed by atoms with van der Waals surface area (Å²) < 4.78 is 38.4. The van der Waals surface area contributed by atoms with Crippen molar-refractivity contribution in [1.82, 2.24) is 29.6 Å². The van der Waals surface area contributed by atoms with Crippen LogP contribution in [0.25, 0.3) is 11.5 Å². The molecule has 0 saturated carbocycles. The zero-order chi connectivity index (χ0) is 33.1. The molecule has 244 valence electrons. The van der Waals surface area contributed by atoms with Gasteiger partial charge in [0.05, 0.1) is 11.4 Å². The minimum atomic E-state index is -4.21. The molecule has 0 radical (unpaired) electrons. The maximum absolute atomic E-state index is 13.8. The van der Waals surface area contributed by atoms with Crippen LogP contribution in [0.2, 0.25) is 0 Å². The average molecular weight is 664 g/mol. The fourth-order valence-corrected chi connectivity index (χ4v) is 5.72. The van der Waals surface area contributed by atoms with Gasteiger partial charge in [0.15, 0.2) is 5.71 Å². The Labute approximate surface area is 265 Å². The Hall–Kier alpha value is -3.68. The number of carbonyl (C=O) groups is 1. The van der Waals surface area contributed by atoms with E-state index in [1.807, 2.05) is 60.7 Å². The van der Waals surface area contributed by atoms with Gasteiger partial charge in [-0.3, -0.25) is 14.0 Å². The van der Waals surface area contributed by atoms with Crippen LogP contribution in [0.1, 0.15) is 44.8 Å². The van der Waals surface area contributed by atoms with E-state index in [0.29, 0.717) is 41.0 Å². The third-order valence-corrected chi connectivity index (χ3v) is 8.24. The molecule has 18 heteroatoms. The zero-order valence-corrected chi connectivity index (χ0v) is 27.7. The Balaban J connectivity index is 1.74. The molecule has 2 N–H and O–H groups in total. The van der Waals surface area contributed by atoms with Crippen molar-refractivity contribution in [2.45, 2.75) is 53.6 Å². The maximum Gasteiger partial charge on any atom is 0.277 e. The van der Waals surface area contributed by atoms with E-state index in [1.165, 1.54) is 4.79 Å². The van der Waals surface area contributed by atoms with E-state index in [0.717, 1.165) is 23.3 Å². The van der Waals surface area contributed by atoms with E-state index in [2.05, 4.69) is 29.7 Å². The van der Waals surface area contributed by atoms with Crippen molar-refractivity contribution < 1.29 is 32.4 Å². The first-order valence-corrected chi connectivity index (χ1v) is 16.6. The fraction of sp³-hybridized carbons (Fsp3) is 0.481. The van der Waals surface area contributed by atoms with Crippen LogP contribution in [0.4, 0.5) is 11.4 Å². The van der Waals surface area contributed by atoms with E-state index in [4.69, 9.17) is 10.2 Å². The Morgan fingerprint density at radius 2 is 1.82 bits per heavy atom. The molecule has 16 nitrogen and oxygen atoms in total. The van der Waals surface area contributed by atoms with Gasteiger partial charge in [-0.25, -0.2) is 15.2 Å². The lowest BCUT2D eigenvalue weighted by atomic mass is 10.1. The van der Waals surface area contributed by atoms with Crippen LogP contribution < -0.4 is 4.90 Å². The summed E-state index contributed by atoms with van der Waals surface area (Å²) in [6, 6.07) is 6.96. The number of aryl methyl sites for hydroxylation is 3. The molecule has 1 aliphatic rings. The summed E-state index contributed by atoms with van der Waals surface area (Å²) in [6.07, 6.45) is 0. The van der Waals surface area contributed by atoms with Gasteiger partial charge in [-0.2, -0.15) is 13.5 Å². The van der Waals surface area contributed by atoms with Crippen molar-refractivity contribution in [2.75, 3.05) is 29.5 Å².